The van der Waals surface area contributed by atoms with Crippen LogP contribution in [0.1, 0.15) is 57.3 Å². The zero-order valence-corrected chi connectivity index (χ0v) is 13.1. The average molecular weight is 279 g/mol. The molecule has 3 atom stereocenters. The number of aliphatic hydroxyl groups is 2. The quantitative estimate of drug-likeness (QED) is 0.686. The maximum absolute atomic E-state index is 10.5. The maximum Gasteiger partial charge on any atom is 0.0945 e. The van der Waals surface area contributed by atoms with Crippen LogP contribution in [-0.2, 0) is 0 Å². The Kier molecular flexibility index (Phi) is 7.20. The molecule has 114 valence electrons. The molecule has 0 spiro atoms. The van der Waals surface area contributed by atoms with E-state index in [0.717, 1.165) is 12.0 Å². The standard InChI is InChI=1S/C17H29NO2/c1-5-13(4)14-6-8-15(9-7-14)17(20)16(12(2)3)18-10-11-19/h6-9,12-13,16-20H,5,10-11H2,1-4H3. The molecule has 0 aliphatic rings. The first-order valence-corrected chi connectivity index (χ1v) is 7.63. The molecule has 0 radical (unpaired) electrons. The number of aliphatic hydroxyl groups excluding tert-OH is 2. The molecule has 0 heterocycles. The average Bonchev–Trinajstić information content (AvgIpc) is 2.46. The van der Waals surface area contributed by atoms with Crippen LogP contribution in [0, 0.1) is 5.92 Å². The second kappa shape index (κ2) is 8.40. The molecule has 0 aromatic heterocycles. The molecular formula is C17H29NO2. The van der Waals surface area contributed by atoms with Crippen molar-refractivity contribution in [3.8, 4) is 0 Å². The maximum atomic E-state index is 10.5. The summed E-state index contributed by atoms with van der Waals surface area (Å²) in [5.74, 6) is 0.848. The first-order chi connectivity index (χ1) is 9.51. The van der Waals surface area contributed by atoms with E-state index in [0.29, 0.717) is 18.4 Å². The van der Waals surface area contributed by atoms with E-state index in [1.165, 1.54) is 5.56 Å². The second-order valence-corrected chi connectivity index (χ2v) is 5.87. The van der Waals surface area contributed by atoms with Gasteiger partial charge in [0.25, 0.3) is 0 Å². The minimum absolute atomic E-state index is 0.0448. The summed E-state index contributed by atoms with van der Waals surface area (Å²) in [5.41, 5.74) is 2.24. The fourth-order valence-corrected chi connectivity index (χ4v) is 2.41. The minimum atomic E-state index is -0.549. The topological polar surface area (TPSA) is 52.5 Å². The third-order valence-corrected chi connectivity index (χ3v) is 4.01. The van der Waals surface area contributed by atoms with Crippen LogP contribution in [0.25, 0.3) is 0 Å². The summed E-state index contributed by atoms with van der Waals surface area (Å²) in [4.78, 5) is 0. The van der Waals surface area contributed by atoms with Gasteiger partial charge in [-0.1, -0.05) is 52.0 Å². The molecule has 1 aromatic carbocycles. The van der Waals surface area contributed by atoms with Crippen LogP contribution in [0.15, 0.2) is 24.3 Å². The molecule has 0 aliphatic carbocycles. The van der Waals surface area contributed by atoms with Crippen molar-refractivity contribution >= 4 is 0 Å². The van der Waals surface area contributed by atoms with Gasteiger partial charge in [0.1, 0.15) is 0 Å². The van der Waals surface area contributed by atoms with Crippen molar-refractivity contribution in [2.75, 3.05) is 13.2 Å². The van der Waals surface area contributed by atoms with Crippen molar-refractivity contribution < 1.29 is 10.2 Å². The van der Waals surface area contributed by atoms with E-state index < -0.39 is 6.10 Å². The molecule has 0 amide bonds. The Morgan fingerprint density at radius 2 is 1.60 bits per heavy atom. The summed E-state index contributed by atoms with van der Waals surface area (Å²) in [5, 5.41) is 22.7. The van der Waals surface area contributed by atoms with Gasteiger partial charge in [0.05, 0.1) is 12.7 Å². The zero-order chi connectivity index (χ0) is 15.1. The lowest BCUT2D eigenvalue weighted by Gasteiger charge is -2.28. The van der Waals surface area contributed by atoms with E-state index in [2.05, 4.69) is 45.1 Å². The van der Waals surface area contributed by atoms with Crippen LogP contribution in [0.5, 0.6) is 0 Å². The normalized spacial score (nSPS) is 16.1. The molecule has 20 heavy (non-hydrogen) atoms. The third kappa shape index (κ3) is 4.58. The van der Waals surface area contributed by atoms with E-state index in [1.807, 2.05) is 12.1 Å². The molecule has 0 bridgehead atoms. The molecular weight excluding hydrogens is 250 g/mol. The highest BCUT2D eigenvalue weighted by molar-refractivity contribution is 5.27. The third-order valence-electron chi connectivity index (χ3n) is 4.01. The second-order valence-electron chi connectivity index (χ2n) is 5.87. The molecule has 3 heteroatoms. The highest BCUT2D eigenvalue weighted by atomic mass is 16.3. The summed E-state index contributed by atoms with van der Waals surface area (Å²) in [6.45, 7) is 9.14. The van der Waals surface area contributed by atoms with Crippen LogP contribution in [0.4, 0.5) is 0 Å². The Labute approximate surface area is 123 Å². The van der Waals surface area contributed by atoms with Crippen molar-refractivity contribution in [2.45, 2.75) is 52.2 Å². The van der Waals surface area contributed by atoms with Gasteiger partial charge in [-0.05, 0) is 29.4 Å². The van der Waals surface area contributed by atoms with E-state index in [-0.39, 0.29) is 12.6 Å². The lowest BCUT2D eigenvalue weighted by molar-refractivity contribution is 0.102. The van der Waals surface area contributed by atoms with Gasteiger partial charge in [-0.15, -0.1) is 0 Å². The van der Waals surface area contributed by atoms with E-state index in [4.69, 9.17) is 5.11 Å². The number of hydrogen-bond acceptors (Lipinski definition) is 3. The highest BCUT2D eigenvalue weighted by Gasteiger charge is 2.23. The summed E-state index contributed by atoms with van der Waals surface area (Å²) >= 11 is 0. The molecule has 0 saturated heterocycles. The van der Waals surface area contributed by atoms with Crippen molar-refractivity contribution in [3.05, 3.63) is 35.4 Å². The van der Waals surface area contributed by atoms with Crippen LogP contribution in [0.2, 0.25) is 0 Å². The van der Waals surface area contributed by atoms with Crippen LogP contribution >= 0.6 is 0 Å². The summed E-state index contributed by atoms with van der Waals surface area (Å²) in [7, 11) is 0. The fourth-order valence-electron chi connectivity index (χ4n) is 2.41. The molecule has 0 saturated carbocycles. The summed E-state index contributed by atoms with van der Waals surface area (Å²) in [6, 6.07) is 8.20. The lowest BCUT2D eigenvalue weighted by atomic mass is 9.91. The number of hydrogen-bond donors (Lipinski definition) is 3. The SMILES string of the molecule is CCC(C)c1ccc(C(O)C(NCCO)C(C)C)cc1. The van der Waals surface area contributed by atoms with Gasteiger partial charge in [0.15, 0.2) is 0 Å². The Morgan fingerprint density at radius 3 is 2.05 bits per heavy atom. The van der Waals surface area contributed by atoms with Crippen LogP contribution < -0.4 is 5.32 Å². The van der Waals surface area contributed by atoms with Gasteiger partial charge in [0, 0.05) is 12.6 Å². The Bertz CT molecular complexity index is 375. The predicted molar refractivity (Wildman–Crippen MR) is 83.8 cm³/mol. The molecule has 1 aromatic rings. The number of nitrogens with one attached hydrogen (secondary N) is 1. The number of rotatable bonds is 8. The van der Waals surface area contributed by atoms with E-state index in [1.54, 1.807) is 0 Å². The van der Waals surface area contributed by atoms with E-state index in [9.17, 15) is 5.11 Å². The van der Waals surface area contributed by atoms with Gasteiger partial charge >= 0.3 is 0 Å². The van der Waals surface area contributed by atoms with Crippen LogP contribution in [0.3, 0.4) is 0 Å². The van der Waals surface area contributed by atoms with Crippen LogP contribution in [-0.4, -0.2) is 29.4 Å². The monoisotopic (exact) mass is 279 g/mol. The molecule has 3 nitrogen and oxygen atoms in total. The highest BCUT2D eigenvalue weighted by Crippen LogP contribution is 2.25. The van der Waals surface area contributed by atoms with Gasteiger partial charge in [-0.2, -0.15) is 0 Å². The minimum Gasteiger partial charge on any atom is -0.395 e. The summed E-state index contributed by atoms with van der Waals surface area (Å²) in [6.07, 6.45) is 0.571. The van der Waals surface area contributed by atoms with Crippen molar-refractivity contribution in [3.63, 3.8) is 0 Å². The van der Waals surface area contributed by atoms with Gasteiger partial charge in [0.2, 0.25) is 0 Å². The largest absolute Gasteiger partial charge is 0.395 e. The molecule has 0 fully saturated rings. The summed E-state index contributed by atoms with van der Waals surface area (Å²) < 4.78 is 0. The molecule has 0 aliphatic heterocycles. The predicted octanol–water partition coefficient (Wildman–Crippen LogP) is 2.84. The smallest absolute Gasteiger partial charge is 0.0945 e. The van der Waals surface area contributed by atoms with Gasteiger partial charge in [-0.25, -0.2) is 0 Å². The fraction of sp³-hybridized carbons (Fsp3) is 0.647. The Hall–Kier alpha value is -0.900. The molecule has 3 unspecified atom stereocenters. The first-order valence-electron chi connectivity index (χ1n) is 7.63. The zero-order valence-electron chi connectivity index (χ0n) is 13.1. The van der Waals surface area contributed by atoms with Crippen molar-refractivity contribution in [1.29, 1.82) is 0 Å². The lowest BCUT2D eigenvalue weighted by Crippen LogP contribution is -2.40. The van der Waals surface area contributed by atoms with E-state index >= 15 is 0 Å². The Balaban J connectivity index is 2.80. The van der Waals surface area contributed by atoms with Gasteiger partial charge < -0.3 is 15.5 Å². The van der Waals surface area contributed by atoms with Gasteiger partial charge in [-0.3, -0.25) is 0 Å². The molecule has 3 N–H and O–H groups in total. The number of benzene rings is 1. The Morgan fingerprint density at radius 1 is 1.05 bits per heavy atom. The van der Waals surface area contributed by atoms with Crippen molar-refractivity contribution in [1.82, 2.24) is 5.32 Å². The molecule has 1 rings (SSSR count). The van der Waals surface area contributed by atoms with Crippen molar-refractivity contribution in [2.24, 2.45) is 5.92 Å². The first kappa shape index (κ1) is 17.2.